The van der Waals surface area contributed by atoms with E-state index < -0.39 is 10.0 Å². The van der Waals surface area contributed by atoms with Crippen LogP contribution in [0.1, 0.15) is 13.8 Å². The van der Waals surface area contributed by atoms with Gasteiger partial charge in [-0.3, -0.25) is 4.79 Å². The van der Waals surface area contributed by atoms with Gasteiger partial charge in [0.15, 0.2) is 0 Å². The minimum atomic E-state index is -3.76. The Morgan fingerprint density at radius 1 is 1.24 bits per heavy atom. The van der Waals surface area contributed by atoms with Crippen LogP contribution in [-0.2, 0) is 17.1 Å². The zero-order valence-electron chi connectivity index (χ0n) is 16.4. The Hall–Kier alpha value is -2.82. The number of aryl methyl sites for hydroxylation is 1. The fourth-order valence-electron chi connectivity index (χ4n) is 2.83. The number of rotatable bonds is 7. The second-order valence-corrected chi connectivity index (χ2v) is 8.63. The molecule has 0 unspecified atom stereocenters. The van der Waals surface area contributed by atoms with Crippen molar-refractivity contribution in [3.63, 3.8) is 0 Å². The molecule has 0 bridgehead atoms. The van der Waals surface area contributed by atoms with Crippen molar-refractivity contribution in [2.24, 2.45) is 7.05 Å². The molecule has 29 heavy (non-hydrogen) atoms. The summed E-state index contributed by atoms with van der Waals surface area (Å²) in [6.45, 7) is 3.49. The lowest BCUT2D eigenvalue weighted by molar-refractivity contribution is 0.301. The molecule has 0 fully saturated rings. The summed E-state index contributed by atoms with van der Waals surface area (Å²) in [6.07, 6.45) is 1.44. The van der Waals surface area contributed by atoms with Gasteiger partial charge in [0.2, 0.25) is 10.0 Å². The molecule has 0 aliphatic heterocycles. The zero-order valence-corrected chi connectivity index (χ0v) is 17.2. The molecule has 0 atom stereocenters. The summed E-state index contributed by atoms with van der Waals surface area (Å²) in [7, 11) is -2.14. The Kier molecular flexibility index (Phi) is 5.96. The van der Waals surface area contributed by atoms with Crippen molar-refractivity contribution >= 4 is 26.7 Å². The van der Waals surface area contributed by atoms with Gasteiger partial charge in [0.25, 0.3) is 5.56 Å². The van der Waals surface area contributed by atoms with Gasteiger partial charge in [-0.2, -0.15) is 0 Å². The lowest BCUT2D eigenvalue weighted by atomic mass is 10.1. The van der Waals surface area contributed by atoms with E-state index in [0.29, 0.717) is 28.0 Å². The summed E-state index contributed by atoms with van der Waals surface area (Å²) in [6, 6.07) is 8.00. The van der Waals surface area contributed by atoms with Gasteiger partial charge in [-0.05, 0) is 32.0 Å². The topological polar surface area (TPSA) is 126 Å². The minimum Gasteiger partial charge on any atom is -0.395 e. The molecular formula is C19H23N5O4S. The van der Waals surface area contributed by atoms with E-state index in [0.717, 1.165) is 0 Å². The predicted octanol–water partition coefficient (Wildman–Crippen LogP) is 1.09. The maximum atomic E-state index is 12.6. The largest absolute Gasteiger partial charge is 0.395 e. The van der Waals surface area contributed by atoms with Crippen molar-refractivity contribution in [2.45, 2.75) is 24.8 Å². The van der Waals surface area contributed by atoms with E-state index in [9.17, 15) is 13.2 Å². The Morgan fingerprint density at radius 3 is 2.69 bits per heavy atom. The first-order chi connectivity index (χ1) is 13.7. The molecule has 9 nitrogen and oxygen atoms in total. The van der Waals surface area contributed by atoms with E-state index in [-0.39, 0.29) is 29.6 Å². The summed E-state index contributed by atoms with van der Waals surface area (Å²) >= 11 is 0. The van der Waals surface area contributed by atoms with Gasteiger partial charge in [0.05, 0.1) is 29.0 Å². The van der Waals surface area contributed by atoms with Crippen molar-refractivity contribution in [1.29, 1.82) is 0 Å². The maximum Gasteiger partial charge on any atom is 0.264 e. The number of hydrogen-bond acceptors (Lipinski definition) is 7. The minimum absolute atomic E-state index is 0.0280. The highest BCUT2D eigenvalue weighted by Crippen LogP contribution is 2.26. The highest BCUT2D eigenvalue weighted by Gasteiger charge is 2.17. The van der Waals surface area contributed by atoms with Crippen LogP contribution < -0.4 is 15.6 Å². The fourth-order valence-corrected chi connectivity index (χ4v) is 3.90. The van der Waals surface area contributed by atoms with Crippen molar-refractivity contribution < 1.29 is 13.5 Å². The van der Waals surface area contributed by atoms with E-state index >= 15 is 0 Å². The Balaban J connectivity index is 2.17. The summed E-state index contributed by atoms with van der Waals surface area (Å²) in [5.41, 5.74) is 1.29. The van der Waals surface area contributed by atoms with Gasteiger partial charge in [0.1, 0.15) is 11.2 Å². The SMILES string of the molecule is CC(C)Nc1nc(-c2cccc(S(=O)(=O)NCCO)c2)cc2ncn(C)c(=O)c12. The first kappa shape index (κ1) is 20.9. The molecule has 0 saturated carbocycles. The number of benzene rings is 1. The Labute approximate surface area is 168 Å². The van der Waals surface area contributed by atoms with Crippen molar-refractivity contribution in [3.8, 4) is 11.3 Å². The Morgan fingerprint density at radius 2 is 2.00 bits per heavy atom. The van der Waals surface area contributed by atoms with Gasteiger partial charge in [-0.15, -0.1) is 0 Å². The molecule has 2 heterocycles. The molecule has 1 aromatic carbocycles. The number of aliphatic hydroxyl groups excluding tert-OH is 1. The number of hydrogen-bond donors (Lipinski definition) is 3. The van der Waals surface area contributed by atoms with E-state index in [2.05, 4.69) is 20.0 Å². The van der Waals surface area contributed by atoms with Crippen molar-refractivity contribution in [3.05, 3.63) is 47.0 Å². The van der Waals surface area contributed by atoms with E-state index in [4.69, 9.17) is 5.11 Å². The molecule has 0 amide bonds. The van der Waals surface area contributed by atoms with Gasteiger partial charge < -0.3 is 15.0 Å². The first-order valence-corrected chi connectivity index (χ1v) is 10.5. The number of fused-ring (bicyclic) bond motifs is 1. The highest BCUT2D eigenvalue weighted by molar-refractivity contribution is 7.89. The summed E-state index contributed by atoms with van der Waals surface area (Å²) in [5, 5.41) is 12.4. The third-order valence-electron chi connectivity index (χ3n) is 4.17. The molecule has 3 aromatic rings. The predicted molar refractivity (Wildman–Crippen MR) is 111 cm³/mol. The van der Waals surface area contributed by atoms with Crippen LogP contribution in [0.2, 0.25) is 0 Å². The average Bonchev–Trinajstić information content (AvgIpc) is 2.68. The summed E-state index contributed by atoms with van der Waals surface area (Å²) in [5.74, 6) is 0.396. The smallest absolute Gasteiger partial charge is 0.264 e. The van der Waals surface area contributed by atoms with Crippen LogP contribution in [0.3, 0.4) is 0 Å². The first-order valence-electron chi connectivity index (χ1n) is 9.07. The van der Waals surface area contributed by atoms with Crippen LogP contribution in [0, 0.1) is 0 Å². The van der Waals surface area contributed by atoms with Crippen LogP contribution >= 0.6 is 0 Å². The quantitative estimate of drug-likeness (QED) is 0.525. The molecule has 3 rings (SSSR count). The lowest BCUT2D eigenvalue weighted by Gasteiger charge is -2.14. The summed E-state index contributed by atoms with van der Waals surface area (Å²) in [4.78, 5) is 21.6. The van der Waals surface area contributed by atoms with E-state index in [1.54, 1.807) is 25.2 Å². The molecule has 3 N–H and O–H groups in total. The molecule has 0 spiro atoms. The highest BCUT2D eigenvalue weighted by atomic mass is 32.2. The number of nitrogens with one attached hydrogen (secondary N) is 2. The number of pyridine rings is 1. The second kappa shape index (κ2) is 8.27. The standard InChI is InChI=1S/C19H23N5O4S/c1-12(2)22-18-17-16(20-11-24(3)19(17)26)10-15(23-18)13-5-4-6-14(9-13)29(27,28)21-7-8-25/h4-6,9-12,21,25H,7-8H2,1-3H3,(H,22,23). The zero-order chi connectivity index (χ0) is 21.2. The number of sulfonamides is 1. The maximum absolute atomic E-state index is 12.6. The van der Waals surface area contributed by atoms with Crippen molar-refractivity contribution in [2.75, 3.05) is 18.5 Å². The summed E-state index contributed by atoms with van der Waals surface area (Å²) < 4.78 is 28.4. The molecule has 10 heteroatoms. The number of anilines is 1. The van der Waals surface area contributed by atoms with Crippen LogP contribution in [0.15, 0.2) is 46.3 Å². The molecule has 154 valence electrons. The molecule has 2 aromatic heterocycles. The third kappa shape index (κ3) is 4.44. The molecule has 0 aliphatic rings. The fraction of sp³-hybridized carbons (Fsp3) is 0.316. The van der Waals surface area contributed by atoms with Gasteiger partial charge in [-0.1, -0.05) is 12.1 Å². The second-order valence-electron chi connectivity index (χ2n) is 6.86. The van der Waals surface area contributed by atoms with Crippen LogP contribution in [0.4, 0.5) is 5.82 Å². The molecular weight excluding hydrogens is 394 g/mol. The van der Waals surface area contributed by atoms with Gasteiger partial charge in [-0.25, -0.2) is 23.1 Å². The average molecular weight is 417 g/mol. The molecule has 0 radical (unpaired) electrons. The molecule has 0 aliphatic carbocycles. The van der Waals surface area contributed by atoms with Crippen LogP contribution in [-0.4, -0.2) is 47.3 Å². The van der Waals surface area contributed by atoms with Gasteiger partial charge in [0, 0.05) is 25.2 Å². The van der Waals surface area contributed by atoms with E-state index in [1.807, 2.05) is 13.8 Å². The van der Waals surface area contributed by atoms with Gasteiger partial charge >= 0.3 is 0 Å². The number of nitrogens with zero attached hydrogens (tertiary/aromatic N) is 3. The van der Waals surface area contributed by atoms with Crippen molar-refractivity contribution in [1.82, 2.24) is 19.3 Å². The Bertz CT molecular complexity index is 1200. The normalized spacial score (nSPS) is 11.9. The lowest BCUT2D eigenvalue weighted by Crippen LogP contribution is -2.26. The number of aliphatic hydroxyl groups is 1. The number of aromatic nitrogens is 3. The van der Waals surface area contributed by atoms with Crippen LogP contribution in [0.25, 0.3) is 22.2 Å². The third-order valence-corrected chi connectivity index (χ3v) is 5.63. The monoisotopic (exact) mass is 417 g/mol. The molecule has 0 saturated heterocycles. The van der Waals surface area contributed by atoms with E-state index in [1.165, 1.54) is 23.0 Å². The van der Waals surface area contributed by atoms with Crippen LogP contribution in [0.5, 0.6) is 0 Å².